The zero-order valence-corrected chi connectivity index (χ0v) is 19.5. The third kappa shape index (κ3) is 31.2. The summed E-state index contributed by atoms with van der Waals surface area (Å²) in [5.41, 5.74) is 0. The SMILES string of the molecule is CC(=O)O.CC(=O)[O-].CC(=O)[O-].OCC1OC(O)C(O)C(O)C1O.[Cl-].[Mg+2].[Na+]. The van der Waals surface area contributed by atoms with Gasteiger partial charge in [-0.2, -0.15) is 0 Å². The number of aliphatic hydroxyl groups is 5. The summed E-state index contributed by atoms with van der Waals surface area (Å²) < 4.78 is 4.58. The number of carboxylic acid groups (broad SMARTS) is 3. The van der Waals surface area contributed by atoms with E-state index in [-0.39, 0.29) is 65.0 Å². The second-order valence-corrected chi connectivity index (χ2v) is 4.22. The largest absolute Gasteiger partial charge is 2.00 e. The molecule has 0 saturated carbocycles. The molecule has 1 heterocycles. The quantitative estimate of drug-likeness (QED) is 0.209. The molecule has 0 radical (unpaired) electrons. The number of carbonyl (C=O) groups excluding carboxylic acids is 2. The van der Waals surface area contributed by atoms with Crippen molar-refractivity contribution in [2.75, 3.05) is 6.61 Å². The zero-order valence-electron chi connectivity index (χ0n) is 15.3. The molecule has 5 atom stereocenters. The first-order valence-electron chi connectivity index (χ1n) is 6.31. The van der Waals surface area contributed by atoms with Gasteiger partial charge in [-0.25, -0.2) is 0 Å². The molecule has 15 heteroatoms. The summed E-state index contributed by atoms with van der Waals surface area (Å²) in [4.78, 5) is 26.8. The van der Waals surface area contributed by atoms with Gasteiger partial charge < -0.3 is 67.6 Å². The second kappa shape index (κ2) is 24.3. The van der Waals surface area contributed by atoms with E-state index in [1.54, 1.807) is 0 Å². The Labute approximate surface area is 200 Å². The van der Waals surface area contributed by atoms with E-state index < -0.39 is 55.2 Å². The third-order valence-electron chi connectivity index (χ3n) is 1.87. The first kappa shape index (κ1) is 41.6. The fourth-order valence-corrected chi connectivity index (χ4v) is 1.08. The molecule has 0 amide bonds. The molecular weight excluding hydrogens is 419 g/mol. The van der Waals surface area contributed by atoms with E-state index in [9.17, 15) is 0 Å². The van der Waals surface area contributed by atoms with E-state index in [1.165, 1.54) is 0 Å². The van der Waals surface area contributed by atoms with Gasteiger partial charge in [-0.15, -0.1) is 0 Å². The van der Waals surface area contributed by atoms with E-state index in [0.717, 1.165) is 20.8 Å². The van der Waals surface area contributed by atoms with E-state index >= 15 is 0 Å². The maximum atomic E-state index is 9.12. The normalized spacial score (nSPS) is 24.7. The number of aliphatic carboxylic acids is 3. The summed E-state index contributed by atoms with van der Waals surface area (Å²) in [6, 6.07) is 0. The van der Waals surface area contributed by atoms with Crippen LogP contribution in [-0.4, -0.2) is 109 Å². The molecule has 6 N–H and O–H groups in total. The zero-order chi connectivity index (χ0) is 20.0. The Morgan fingerprint density at radius 1 is 0.889 bits per heavy atom. The van der Waals surface area contributed by atoms with Gasteiger partial charge in [-0.3, -0.25) is 4.79 Å². The summed E-state index contributed by atoms with van der Waals surface area (Å²) in [7, 11) is 0. The molecule has 1 rings (SSSR count). The Bertz CT molecular complexity index is 344. The van der Waals surface area contributed by atoms with Crippen molar-refractivity contribution in [1.82, 2.24) is 0 Å². The number of carbonyl (C=O) groups is 3. The van der Waals surface area contributed by atoms with Gasteiger partial charge in [0.1, 0.15) is 24.4 Å². The maximum Gasteiger partial charge on any atom is 2.00 e. The van der Waals surface area contributed by atoms with Crippen molar-refractivity contribution in [2.45, 2.75) is 51.5 Å². The van der Waals surface area contributed by atoms with Crippen molar-refractivity contribution in [2.24, 2.45) is 0 Å². The van der Waals surface area contributed by atoms with Crippen molar-refractivity contribution in [3.8, 4) is 0 Å². The molecule has 5 unspecified atom stereocenters. The predicted octanol–water partition coefficient (Wildman–Crippen LogP) is -12.0. The molecule has 0 aliphatic carbocycles. The van der Waals surface area contributed by atoms with Crippen molar-refractivity contribution in [3.05, 3.63) is 0 Å². The number of hydrogen-bond donors (Lipinski definition) is 6. The Morgan fingerprint density at radius 2 is 1.15 bits per heavy atom. The molecule has 1 saturated heterocycles. The van der Waals surface area contributed by atoms with E-state index in [2.05, 4.69) is 4.74 Å². The second-order valence-electron chi connectivity index (χ2n) is 4.22. The van der Waals surface area contributed by atoms with Gasteiger partial charge in [0.25, 0.3) is 5.97 Å². The first-order chi connectivity index (χ1) is 10.8. The Morgan fingerprint density at radius 3 is 1.37 bits per heavy atom. The smallest absolute Gasteiger partial charge is 1.00 e. The monoisotopic (exact) mass is 440 g/mol. The van der Waals surface area contributed by atoms with Gasteiger partial charge in [-0.05, 0) is 13.8 Å². The van der Waals surface area contributed by atoms with Crippen molar-refractivity contribution >= 4 is 41.0 Å². The summed E-state index contributed by atoms with van der Waals surface area (Å²) in [6.45, 7) is 2.50. The molecule has 0 aromatic rings. The summed E-state index contributed by atoms with van der Waals surface area (Å²) in [6.07, 6.45) is -7.04. The van der Waals surface area contributed by atoms with Gasteiger partial charge in [0.15, 0.2) is 6.29 Å². The van der Waals surface area contributed by atoms with Crippen LogP contribution in [0.1, 0.15) is 20.8 Å². The Balaban J connectivity index is -0.0000000625. The van der Waals surface area contributed by atoms with Crippen LogP contribution in [0.5, 0.6) is 0 Å². The van der Waals surface area contributed by atoms with Crippen LogP contribution in [0.25, 0.3) is 0 Å². The minimum atomic E-state index is -1.57. The van der Waals surface area contributed by atoms with Gasteiger partial charge in [0.05, 0.1) is 6.61 Å². The molecule has 1 aliphatic heterocycles. The fraction of sp³-hybridized carbons (Fsp3) is 0.750. The Hall–Kier alpha value is 0.226. The standard InChI is InChI=1S/C6H12O6.3C2H4O2.ClH.Mg.Na/c7-1-2-3(8)4(9)5(10)6(11)12-2;3*1-2(3)4;;;/h2-11H,1H2;3*1H3,(H,3,4);1H;;/q;;;;;+2;+1/p-3. The average molecular weight is 441 g/mol. The Kier molecular flexibility index (Phi) is 37.4. The number of rotatable bonds is 1. The predicted molar refractivity (Wildman–Crippen MR) is 76.4 cm³/mol. The first-order valence-corrected chi connectivity index (χ1v) is 6.31. The minimum Gasteiger partial charge on any atom is -1.00 e. The number of ether oxygens (including phenoxy) is 1. The van der Waals surface area contributed by atoms with E-state index in [4.69, 9.17) is 55.2 Å². The number of aliphatic hydroxyl groups excluding tert-OH is 5. The van der Waals surface area contributed by atoms with Crippen LogP contribution in [0.15, 0.2) is 0 Å². The van der Waals surface area contributed by atoms with Gasteiger partial charge in [-0.1, -0.05) is 0 Å². The average Bonchev–Trinajstić information content (AvgIpc) is 2.38. The topological polar surface area (TPSA) is 228 Å². The molecular formula is C12H22ClMgNaO12. The van der Waals surface area contributed by atoms with Crippen LogP contribution in [0.2, 0.25) is 0 Å². The summed E-state index contributed by atoms with van der Waals surface area (Å²) in [5.74, 6) is -3.00. The van der Waals surface area contributed by atoms with Crippen LogP contribution in [0.4, 0.5) is 0 Å². The summed E-state index contributed by atoms with van der Waals surface area (Å²) in [5, 5.41) is 69.9. The van der Waals surface area contributed by atoms with E-state index in [0.29, 0.717) is 0 Å². The van der Waals surface area contributed by atoms with Crippen LogP contribution in [0.3, 0.4) is 0 Å². The van der Waals surface area contributed by atoms with Crippen LogP contribution in [0, 0.1) is 0 Å². The van der Waals surface area contributed by atoms with Crippen LogP contribution >= 0.6 is 0 Å². The third-order valence-corrected chi connectivity index (χ3v) is 1.87. The van der Waals surface area contributed by atoms with Crippen LogP contribution in [-0.2, 0) is 19.1 Å². The van der Waals surface area contributed by atoms with Crippen LogP contribution < -0.4 is 52.2 Å². The van der Waals surface area contributed by atoms with E-state index in [1.807, 2.05) is 0 Å². The maximum absolute atomic E-state index is 9.12. The molecule has 12 nitrogen and oxygen atoms in total. The van der Waals surface area contributed by atoms with Crippen molar-refractivity contribution in [3.63, 3.8) is 0 Å². The van der Waals surface area contributed by atoms with Crippen molar-refractivity contribution in [1.29, 1.82) is 0 Å². The molecule has 0 bridgehead atoms. The molecule has 1 aliphatic rings. The number of hydrogen-bond acceptors (Lipinski definition) is 11. The van der Waals surface area contributed by atoms with Crippen molar-refractivity contribution < 1.29 is 102 Å². The molecule has 152 valence electrons. The molecule has 0 aromatic heterocycles. The van der Waals surface area contributed by atoms with Gasteiger partial charge in [0.2, 0.25) is 0 Å². The molecule has 0 aromatic carbocycles. The molecule has 1 fully saturated rings. The fourth-order valence-electron chi connectivity index (χ4n) is 1.08. The minimum absolute atomic E-state index is 0. The number of halogens is 1. The molecule has 0 spiro atoms. The van der Waals surface area contributed by atoms with Gasteiger partial charge in [0, 0.05) is 18.9 Å². The summed E-state index contributed by atoms with van der Waals surface area (Å²) >= 11 is 0. The van der Waals surface area contributed by atoms with Gasteiger partial charge >= 0.3 is 52.6 Å². The molecule has 27 heavy (non-hydrogen) atoms. The number of carboxylic acids is 3.